The van der Waals surface area contributed by atoms with Crippen LogP contribution >= 0.6 is 0 Å². The van der Waals surface area contributed by atoms with Crippen molar-refractivity contribution < 1.29 is 82.3 Å². The van der Waals surface area contributed by atoms with Crippen molar-refractivity contribution in [2.24, 2.45) is 52.3 Å². The van der Waals surface area contributed by atoms with Gasteiger partial charge in [-0.05, 0) is 163 Å². The number of likely N-dealkylation sites (N-methyl/N-ethyl adjacent to an activating group) is 1. The molecule has 2 unspecified atom stereocenters. The van der Waals surface area contributed by atoms with E-state index in [0.717, 1.165) is 18.4 Å². The zero-order chi connectivity index (χ0) is 64.7. The number of allylic oxidation sites excluding steroid dienone is 4. The predicted molar refractivity (Wildman–Crippen MR) is 324 cm³/mol. The summed E-state index contributed by atoms with van der Waals surface area (Å²) in [4.78, 5) is 57.3. The van der Waals surface area contributed by atoms with Gasteiger partial charge in [-0.1, -0.05) is 59.6 Å². The number of hydrogen-bond acceptors (Lipinski definition) is 18. The summed E-state index contributed by atoms with van der Waals surface area (Å²) in [6.45, 7) is 26.7. The van der Waals surface area contributed by atoms with E-state index in [2.05, 4.69) is 29.8 Å². The van der Waals surface area contributed by atoms with Gasteiger partial charge in [0.2, 0.25) is 11.8 Å². The summed E-state index contributed by atoms with van der Waals surface area (Å²) < 4.78 is 63.5. The van der Waals surface area contributed by atoms with E-state index >= 15 is 4.39 Å². The second kappa shape index (κ2) is 27.7. The van der Waals surface area contributed by atoms with Crippen LogP contribution in [0.15, 0.2) is 23.8 Å². The molecule has 3 aliphatic heterocycles. The number of ketones is 1. The molecule has 26 atom stereocenters. The summed E-state index contributed by atoms with van der Waals surface area (Å²) in [7, 11) is 4.94. The maximum absolute atomic E-state index is 17.7. The lowest BCUT2D eigenvalue weighted by molar-refractivity contribution is -0.337. The lowest BCUT2D eigenvalue weighted by Crippen LogP contribution is -2.70. The number of nitrogens with zero attached hydrogens (tertiary/aromatic N) is 1. The van der Waals surface area contributed by atoms with Crippen molar-refractivity contribution in [3.05, 3.63) is 23.8 Å². The molecule has 2 amide bonds. The first-order valence-electron chi connectivity index (χ1n) is 32.6. The van der Waals surface area contributed by atoms with Crippen molar-refractivity contribution in [2.45, 2.75) is 269 Å². The fraction of sp³-hybridized carbons (Fsp3) is 0.879. The number of ether oxygens (including phenoxy) is 7. The van der Waals surface area contributed by atoms with E-state index in [1.54, 1.807) is 60.6 Å². The van der Waals surface area contributed by atoms with Crippen LogP contribution in [-0.2, 0) is 52.3 Å². The summed E-state index contributed by atoms with van der Waals surface area (Å²) in [5.41, 5.74) is -9.12. The largest absolute Gasteiger partial charge is 0.459 e. The molecular formula is C66H111FN4O16. The van der Waals surface area contributed by atoms with Crippen LogP contribution in [0.25, 0.3) is 0 Å². The number of unbranched alkanes of at least 4 members (excludes halogenated alkanes) is 2. The van der Waals surface area contributed by atoms with Crippen LogP contribution in [0.1, 0.15) is 168 Å². The van der Waals surface area contributed by atoms with Crippen LogP contribution in [0, 0.1) is 52.3 Å². The molecule has 20 nitrogen and oxygen atoms in total. The van der Waals surface area contributed by atoms with Gasteiger partial charge in [0.25, 0.3) is 0 Å². The lowest BCUT2D eigenvalue weighted by Gasteiger charge is -2.61. The fourth-order valence-corrected chi connectivity index (χ4v) is 17.3. The highest BCUT2D eigenvalue weighted by molar-refractivity contribution is 6.01. The van der Waals surface area contributed by atoms with Crippen LogP contribution in [0.4, 0.5) is 4.39 Å². The number of aliphatic hydroxyl groups excluding tert-OH is 3. The van der Waals surface area contributed by atoms with Crippen molar-refractivity contribution in [1.29, 1.82) is 0 Å². The van der Waals surface area contributed by atoms with Gasteiger partial charge in [0.15, 0.2) is 24.0 Å². The standard InChI is InChI=1S/C66H111FN4O16/c1-18-49-64(14,79)54(75)41(8)70-56(76)37(4)32-62(12,81-16)55(87-59-52(74)47(71(15)19-2)30-38(5)83-59)39(6)53(40(7)58(78)85-49)86-50-34-63(13,82-17)65(80,42(9)84-50)35-68-27-21-20-22-28-69-57(77)51-36(3)29-46-45-24-23-43-31-44(72)25-26-61(43,11)66(45,67)48(73)33-60(46,51)10/h25-26,31,36-42,45-55,59,68,73-75,79-80H,18-24,27-30,32-35H2,1-17H3,(H,69,77)(H,70,76)/t36-,37-,38-,39+,40-,41-,42+,45?,46?,47+,48+,49-,50+,51-,52-,53+,54-,55-,59+,60+,61+,62-,63-,64-,65+,66+/m1/s1. The molecule has 4 aliphatic carbocycles. The minimum absolute atomic E-state index is 0.00477. The van der Waals surface area contributed by atoms with E-state index in [1.807, 2.05) is 39.6 Å². The van der Waals surface area contributed by atoms with E-state index < -0.39 is 136 Å². The smallest absolute Gasteiger partial charge is 0.311 e. The van der Waals surface area contributed by atoms with Crippen molar-refractivity contribution in [3.63, 3.8) is 0 Å². The number of aliphatic hydroxyl groups is 5. The molecule has 0 spiro atoms. The highest BCUT2D eigenvalue weighted by Gasteiger charge is 2.72. The third kappa shape index (κ3) is 13.5. The Morgan fingerprint density at radius 3 is 2.20 bits per heavy atom. The van der Waals surface area contributed by atoms with Gasteiger partial charge >= 0.3 is 5.97 Å². The van der Waals surface area contributed by atoms with E-state index in [1.165, 1.54) is 27.2 Å². The van der Waals surface area contributed by atoms with Crippen LogP contribution in [0.3, 0.4) is 0 Å². The van der Waals surface area contributed by atoms with Gasteiger partial charge in [0, 0.05) is 68.9 Å². The van der Waals surface area contributed by atoms with Crippen LogP contribution < -0.4 is 16.0 Å². The maximum atomic E-state index is 17.7. The van der Waals surface area contributed by atoms with E-state index in [0.29, 0.717) is 51.7 Å². The molecule has 3 heterocycles. The van der Waals surface area contributed by atoms with Gasteiger partial charge in [-0.15, -0.1) is 0 Å². The highest BCUT2D eigenvalue weighted by atomic mass is 19.1. The second-order valence-electron chi connectivity index (χ2n) is 28.8. The van der Waals surface area contributed by atoms with Crippen molar-refractivity contribution in [2.75, 3.05) is 47.4 Å². The summed E-state index contributed by atoms with van der Waals surface area (Å²) in [6.07, 6.45) is -1.41. The third-order valence-electron chi connectivity index (χ3n) is 23.0. The minimum Gasteiger partial charge on any atom is -0.459 e. The zero-order valence-electron chi connectivity index (χ0n) is 55.4. The summed E-state index contributed by atoms with van der Waals surface area (Å²) in [5.74, 6) is -5.06. The van der Waals surface area contributed by atoms with Gasteiger partial charge in [-0.25, -0.2) is 4.39 Å². The Labute approximate surface area is 517 Å². The second-order valence-corrected chi connectivity index (χ2v) is 28.8. The molecular weight excluding hydrogens is 1120 g/mol. The molecule has 3 saturated carbocycles. The number of hydrogen-bond donors (Lipinski definition) is 8. The van der Waals surface area contributed by atoms with Gasteiger partial charge in [-0.3, -0.25) is 19.2 Å². The molecule has 8 N–H and O–H groups in total. The molecule has 0 aromatic heterocycles. The third-order valence-corrected chi connectivity index (χ3v) is 23.0. The van der Waals surface area contributed by atoms with Crippen LogP contribution in [0.2, 0.25) is 0 Å². The fourth-order valence-electron chi connectivity index (χ4n) is 17.3. The number of methoxy groups -OCH3 is 2. The average molecular weight is 1240 g/mol. The summed E-state index contributed by atoms with van der Waals surface area (Å²) >= 11 is 0. The molecule has 6 fully saturated rings. The number of amides is 2. The van der Waals surface area contributed by atoms with Gasteiger partial charge in [-0.2, -0.15) is 0 Å². The predicted octanol–water partition coefficient (Wildman–Crippen LogP) is 5.61. The molecule has 7 rings (SSSR count). The Hall–Kier alpha value is -3.03. The first-order valence-corrected chi connectivity index (χ1v) is 32.6. The Kier molecular flexibility index (Phi) is 22.7. The normalized spacial score (nSPS) is 47.4. The molecule has 87 heavy (non-hydrogen) atoms. The summed E-state index contributed by atoms with van der Waals surface area (Å²) in [5, 5.41) is 69.4. The molecule has 0 aromatic carbocycles. The number of cyclic esters (lactones) is 1. The first kappa shape index (κ1) is 71.4. The molecule has 7 aliphatic rings. The number of carbonyl (C=O) groups excluding carboxylic acids is 4. The number of rotatable bonds is 18. The highest BCUT2D eigenvalue weighted by Crippen LogP contribution is 2.70. The van der Waals surface area contributed by atoms with Crippen molar-refractivity contribution >= 4 is 23.6 Å². The molecule has 0 bridgehead atoms. The maximum Gasteiger partial charge on any atom is 0.311 e. The first-order chi connectivity index (χ1) is 40.6. The Morgan fingerprint density at radius 2 is 1.55 bits per heavy atom. The number of alkyl halides is 1. The van der Waals surface area contributed by atoms with Crippen LogP contribution in [0.5, 0.6) is 0 Å². The number of esters is 1. The Bertz CT molecular complexity index is 2470. The Morgan fingerprint density at radius 1 is 0.874 bits per heavy atom. The minimum atomic E-state index is -2.01. The Balaban J connectivity index is 1.03. The van der Waals surface area contributed by atoms with E-state index in [9.17, 15) is 44.7 Å². The summed E-state index contributed by atoms with van der Waals surface area (Å²) in [6, 6.07) is -1.30. The monoisotopic (exact) mass is 1230 g/mol. The van der Waals surface area contributed by atoms with Gasteiger partial charge < -0.3 is 79.5 Å². The van der Waals surface area contributed by atoms with E-state index in [-0.39, 0.29) is 73.8 Å². The number of halogens is 1. The SMILES string of the molecule is CC[C@H]1OC(=O)[C@H](C)[C@@H](O[C@H]2C[C@@](C)(OC)[C@](O)(CNCCCCCNC(=O)[C@H]3[C@H](C)CC4C5CCC6=CC(=O)C=C[C@]6(C)[C@@]5(F)[C@@H](O)C[C@@]43C)[C@H](C)O2)[C@H](C)[C@@H](O[C@@H]2O[C@H](C)C[C@H](N(C)CC)[C@H]2O)[C@](C)(OC)C[C@@H](C)C(=O)N[C@H](C)[C@@H](O)[C@]1(C)O. The number of carbonyl (C=O) groups is 4. The van der Waals surface area contributed by atoms with Crippen molar-refractivity contribution in [3.8, 4) is 0 Å². The molecule has 0 radical (unpaired) electrons. The van der Waals surface area contributed by atoms with Crippen molar-refractivity contribution in [1.82, 2.24) is 20.9 Å². The van der Waals surface area contributed by atoms with Gasteiger partial charge in [0.1, 0.15) is 35.1 Å². The number of fused-ring (bicyclic) bond motifs is 5. The number of nitrogens with one attached hydrogen (secondary N) is 3. The van der Waals surface area contributed by atoms with Crippen LogP contribution in [-0.4, -0.2) is 203 Å². The molecule has 0 aromatic rings. The molecule has 498 valence electrons. The zero-order valence-corrected chi connectivity index (χ0v) is 55.4. The van der Waals surface area contributed by atoms with E-state index in [4.69, 9.17) is 33.2 Å². The molecule has 21 heteroatoms. The average Bonchev–Trinajstić information content (AvgIpc) is 1.68. The van der Waals surface area contributed by atoms with Gasteiger partial charge in [0.05, 0.1) is 48.1 Å². The topological polar surface area (TPSA) is 273 Å². The lowest BCUT2D eigenvalue weighted by atomic mass is 9.45. The molecule has 3 saturated heterocycles. The quantitative estimate of drug-likeness (QED) is 0.0612.